The number of rotatable bonds is 14. The van der Waals surface area contributed by atoms with Gasteiger partial charge in [-0.3, -0.25) is 4.79 Å². The van der Waals surface area contributed by atoms with E-state index in [1.807, 2.05) is 6.08 Å². The predicted molar refractivity (Wildman–Crippen MR) is 82.1 cm³/mol. The van der Waals surface area contributed by atoms with Crippen LogP contribution in [0, 0.1) is 0 Å². The smallest absolute Gasteiger partial charge is 0.156 e. The molecule has 0 saturated heterocycles. The van der Waals surface area contributed by atoms with Crippen LogP contribution in [-0.2, 0) is 23.7 Å². The van der Waals surface area contributed by atoms with E-state index in [1.54, 1.807) is 28.4 Å². The molecule has 0 aromatic rings. The molecule has 0 aliphatic carbocycles. The second kappa shape index (κ2) is 14.2. The lowest BCUT2D eigenvalue weighted by Gasteiger charge is -2.13. The van der Waals surface area contributed by atoms with Crippen molar-refractivity contribution in [2.45, 2.75) is 57.5 Å². The predicted octanol–water partition coefficient (Wildman–Crippen LogP) is 3.08. The van der Waals surface area contributed by atoms with E-state index < -0.39 is 0 Å². The molecule has 0 fully saturated rings. The normalized spacial score (nSPS) is 12.4. The van der Waals surface area contributed by atoms with Gasteiger partial charge in [0.2, 0.25) is 0 Å². The number of ether oxygens (including phenoxy) is 4. The van der Waals surface area contributed by atoms with Gasteiger partial charge < -0.3 is 18.9 Å². The highest BCUT2D eigenvalue weighted by molar-refractivity contribution is 5.72. The molecule has 0 aromatic carbocycles. The van der Waals surface area contributed by atoms with Crippen LogP contribution in [0.15, 0.2) is 11.6 Å². The largest absolute Gasteiger partial charge is 0.356 e. The molecule has 0 heterocycles. The summed E-state index contributed by atoms with van der Waals surface area (Å²) in [5.41, 5.74) is 0.857. The zero-order valence-corrected chi connectivity index (χ0v) is 13.8. The van der Waals surface area contributed by atoms with Gasteiger partial charge in [0.15, 0.2) is 12.6 Å². The molecule has 0 radical (unpaired) electrons. The Morgan fingerprint density at radius 1 is 0.857 bits per heavy atom. The summed E-state index contributed by atoms with van der Waals surface area (Å²) in [6.45, 7) is 0. The summed E-state index contributed by atoms with van der Waals surface area (Å²) in [6, 6.07) is 0. The first-order valence-corrected chi connectivity index (χ1v) is 7.47. The number of carbonyl (C=O) groups excluding carboxylic acids is 1. The summed E-state index contributed by atoms with van der Waals surface area (Å²) in [5.74, 6) is 0. The van der Waals surface area contributed by atoms with Crippen LogP contribution in [0.1, 0.15) is 44.9 Å². The Morgan fingerprint density at radius 2 is 1.38 bits per heavy atom. The van der Waals surface area contributed by atoms with Crippen molar-refractivity contribution in [1.82, 2.24) is 0 Å². The molecule has 0 spiro atoms. The number of unbranched alkanes of at least 4 members (excludes halogenated alkanes) is 2. The minimum Gasteiger partial charge on any atom is -0.356 e. The molecule has 0 aliphatic heterocycles. The minimum atomic E-state index is -0.182. The summed E-state index contributed by atoms with van der Waals surface area (Å²) in [5, 5.41) is 0. The summed E-state index contributed by atoms with van der Waals surface area (Å²) in [4.78, 5) is 11.0. The summed E-state index contributed by atoms with van der Waals surface area (Å²) in [6.07, 6.45) is 8.94. The van der Waals surface area contributed by atoms with E-state index in [9.17, 15) is 4.79 Å². The van der Waals surface area contributed by atoms with Crippen LogP contribution in [-0.4, -0.2) is 47.3 Å². The minimum absolute atomic E-state index is 0.125. The van der Waals surface area contributed by atoms with E-state index in [-0.39, 0.29) is 12.6 Å². The Bertz CT molecular complexity index is 270. The summed E-state index contributed by atoms with van der Waals surface area (Å²) < 4.78 is 20.5. The maximum absolute atomic E-state index is 11.0. The van der Waals surface area contributed by atoms with Crippen LogP contribution < -0.4 is 0 Å². The number of methoxy groups -OCH3 is 4. The third-order valence-electron chi connectivity index (χ3n) is 3.41. The average molecular weight is 302 g/mol. The Kier molecular flexibility index (Phi) is 13.7. The van der Waals surface area contributed by atoms with Gasteiger partial charge in [0.1, 0.15) is 6.29 Å². The van der Waals surface area contributed by atoms with Crippen LogP contribution >= 0.6 is 0 Å². The molecule has 0 N–H and O–H groups in total. The van der Waals surface area contributed by atoms with Crippen LogP contribution in [0.5, 0.6) is 0 Å². The fraction of sp³-hybridized carbons (Fsp3) is 0.812. The molecule has 0 atom stereocenters. The molecule has 0 rings (SSSR count). The average Bonchev–Trinajstić information content (AvgIpc) is 2.53. The molecule has 21 heavy (non-hydrogen) atoms. The highest BCUT2D eigenvalue weighted by Crippen LogP contribution is 2.12. The van der Waals surface area contributed by atoms with E-state index in [2.05, 4.69) is 0 Å². The van der Waals surface area contributed by atoms with E-state index in [0.29, 0.717) is 0 Å². The quantitative estimate of drug-likeness (QED) is 0.214. The molecule has 5 nitrogen and oxygen atoms in total. The van der Waals surface area contributed by atoms with Gasteiger partial charge in [-0.15, -0.1) is 0 Å². The highest BCUT2D eigenvalue weighted by atomic mass is 16.7. The van der Waals surface area contributed by atoms with Gasteiger partial charge in [0, 0.05) is 28.4 Å². The van der Waals surface area contributed by atoms with E-state index >= 15 is 0 Å². The van der Waals surface area contributed by atoms with Crippen molar-refractivity contribution in [3.8, 4) is 0 Å². The molecule has 0 saturated carbocycles. The first-order chi connectivity index (χ1) is 10.2. The monoisotopic (exact) mass is 302 g/mol. The van der Waals surface area contributed by atoms with Crippen LogP contribution in [0.4, 0.5) is 0 Å². The van der Waals surface area contributed by atoms with E-state index in [4.69, 9.17) is 18.9 Å². The van der Waals surface area contributed by atoms with Gasteiger partial charge in [0.25, 0.3) is 0 Å². The molecule has 124 valence electrons. The molecular weight excluding hydrogens is 272 g/mol. The standard InChI is InChI=1S/C16H30O5/c1-18-15(19-2)11-7-5-6-9-14(13-17)10-8-12-16(20-3)21-4/h9,13,15-16H,5-8,10-12H2,1-4H3/b14-9-. The van der Waals surface area contributed by atoms with Gasteiger partial charge in [0.05, 0.1) is 0 Å². The lowest BCUT2D eigenvalue weighted by atomic mass is 10.1. The fourth-order valence-electron chi connectivity index (χ4n) is 2.09. The van der Waals surface area contributed by atoms with Crippen molar-refractivity contribution in [1.29, 1.82) is 0 Å². The summed E-state index contributed by atoms with van der Waals surface area (Å²) in [7, 11) is 6.54. The number of carbonyl (C=O) groups is 1. The van der Waals surface area contributed by atoms with Gasteiger partial charge in [-0.1, -0.05) is 6.08 Å². The third-order valence-corrected chi connectivity index (χ3v) is 3.41. The second-order valence-electron chi connectivity index (χ2n) is 4.88. The van der Waals surface area contributed by atoms with Crippen LogP contribution in [0.2, 0.25) is 0 Å². The van der Waals surface area contributed by atoms with Crippen molar-refractivity contribution in [2.75, 3.05) is 28.4 Å². The van der Waals surface area contributed by atoms with Crippen molar-refractivity contribution < 1.29 is 23.7 Å². The lowest BCUT2D eigenvalue weighted by Crippen LogP contribution is -2.12. The lowest BCUT2D eigenvalue weighted by molar-refractivity contribution is -0.108. The fourth-order valence-corrected chi connectivity index (χ4v) is 2.09. The first-order valence-electron chi connectivity index (χ1n) is 7.47. The van der Waals surface area contributed by atoms with Crippen molar-refractivity contribution in [3.63, 3.8) is 0 Å². The first kappa shape index (κ1) is 20.2. The van der Waals surface area contributed by atoms with Gasteiger partial charge in [-0.05, 0) is 50.5 Å². The van der Waals surface area contributed by atoms with Crippen LogP contribution in [0.25, 0.3) is 0 Å². The summed E-state index contributed by atoms with van der Waals surface area (Å²) >= 11 is 0. The molecule has 0 unspecified atom stereocenters. The number of aldehydes is 1. The SMILES string of the molecule is COC(CCCC/C=C(\C=O)CCCC(OC)OC)OC. The highest BCUT2D eigenvalue weighted by Gasteiger charge is 2.06. The van der Waals surface area contributed by atoms with Crippen LogP contribution in [0.3, 0.4) is 0 Å². The third kappa shape index (κ3) is 10.6. The van der Waals surface area contributed by atoms with E-state index in [1.165, 1.54) is 0 Å². The number of hydrogen-bond acceptors (Lipinski definition) is 5. The van der Waals surface area contributed by atoms with Crippen molar-refractivity contribution in [2.24, 2.45) is 0 Å². The molecule has 0 amide bonds. The van der Waals surface area contributed by atoms with Gasteiger partial charge >= 0.3 is 0 Å². The Hall–Kier alpha value is -0.750. The maximum atomic E-state index is 11.0. The Morgan fingerprint density at radius 3 is 1.86 bits per heavy atom. The zero-order chi connectivity index (χ0) is 15.9. The van der Waals surface area contributed by atoms with Crippen molar-refractivity contribution >= 4 is 6.29 Å². The van der Waals surface area contributed by atoms with Gasteiger partial charge in [-0.25, -0.2) is 0 Å². The molecule has 0 aromatic heterocycles. The zero-order valence-electron chi connectivity index (χ0n) is 13.8. The maximum Gasteiger partial charge on any atom is 0.156 e. The van der Waals surface area contributed by atoms with Gasteiger partial charge in [-0.2, -0.15) is 0 Å². The molecule has 5 heteroatoms. The Balaban J connectivity index is 3.82. The molecule has 0 bridgehead atoms. The number of hydrogen-bond donors (Lipinski definition) is 0. The topological polar surface area (TPSA) is 54.0 Å². The molecule has 0 aliphatic rings. The van der Waals surface area contributed by atoms with E-state index in [0.717, 1.165) is 56.8 Å². The number of allylic oxidation sites excluding steroid dienone is 2. The Labute approximate surface area is 128 Å². The van der Waals surface area contributed by atoms with Crippen molar-refractivity contribution in [3.05, 3.63) is 11.6 Å². The molecular formula is C16H30O5. The second-order valence-corrected chi connectivity index (χ2v) is 4.88.